The van der Waals surface area contributed by atoms with Gasteiger partial charge in [0.1, 0.15) is 0 Å². The first-order chi connectivity index (χ1) is 11.5. The van der Waals surface area contributed by atoms with Gasteiger partial charge in [-0.2, -0.15) is 26.3 Å². The fourth-order valence-corrected chi connectivity index (χ4v) is 1.64. The zero-order chi connectivity index (χ0) is 21.0. The molecule has 1 amide bonds. The number of ether oxygens (including phenoxy) is 2. The third-order valence-electron chi connectivity index (χ3n) is 2.53. The van der Waals surface area contributed by atoms with Crippen molar-refractivity contribution in [2.45, 2.75) is 30.6 Å². The van der Waals surface area contributed by atoms with E-state index >= 15 is 0 Å². The Morgan fingerprint density at radius 3 is 2.04 bits per heavy atom. The van der Waals surface area contributed by atoms with Crippen LogP contribution >= 0.6 is 0 Å². The van der Waals surface area contributed by atoms with Crippen molar-refractivity contribution in [1.82, 2.24) is 5.32 Å². The number of hydrogen-bond acceptors (Lipinski definition) is 7. The normalized spacial score (nSPS) is 15.1. The summed E-state index contributed by atoms with van der Waals surface area (Å²) in [6, 6.07) is 0. The third kappa shape index (κ3) is 5.57. The molecule has 1 atom stereocenters. The molecule has 0 saturated carbocycles. The zero-order valence-corrected chi connectivity index (χ0v) is 13.7. The minimum absolute atomic E-state index is 0.473. The molecule has 0 heterocycles. The molecule has 8 nitrogen and oxygen atoms in total. The first kappa shape index (κ1) is 24.1. The SMILES string of the molecule is C=C(F)C(=O)OC(OCCC(F)(F)S(=O)(=O)[O-])(C(=O)NCC)C(F)(F)F. The van der Waals surface area contributed by atoms with Crippen LogP contribution in [0.15, 0.2) is 12.4 Å². The second kappa shape index (κ2) is 8.22. The second-order valence-corrected chi connectivity index (χ2v) is 5.96. The van der Waals surface area contributed by atoms with Gasteiger partial charge >= 0.3 is 29.1 Å². The van der Waals surface area contributed by atoms with Gasteiger partial charge in [0.05, 0.1) is 6.61 Å². The van der Waals surface area contributed by atoms with Gasteiger partial charge in [-0.15, -0.1) is 0 Å². The predicted octanol–water partition coefficient (Wildman–Crippen LogP) is 0.952. The molecule has 0 radical (unpaired) electrons. The van der Waals surface area contributed by atoms with Crippen LogP contribution in [-0.4, -0.2) is 55.2 Å². The van der Waals surface area contributed by atoms with Crippen LogP contribution in [0.5, 0.6) is 0 Å². The molecular weight excluding hydrogens is 404 g/mol. The van der Waals surface area contributed by atoms with Crippen molar-refractivity contribution in [2.24, 2.45) is 0 Å². The fourth-order valence-electron chi connectivity index (χ4n) is 1.31. The number of nitrogens with one attached hydrogen (secondary N) is 1. The van der Waals surface area contributed by atoms with Crippen LogP contribution in [0.2, 0.25) is 0 Å². The van der Waals surface area contributed by atoms with Crippen LogP contribution in [0.25, 0.3) is 0 Å². The number of carbonyl (C=O) groups excluding carboxylic acids is 2. The maximum absolute atomic E-state index is 13.2. The van der Waals surface area contributed by atoms with E-state index in [0.717, 1.165) is 6.92 Å². The molecule has 0 aromatic heterocycles. The van der Waals surface area contributed by atoms with E-state index in [4.69, 9.17) is 0 Å². The minimum atomic E-state index is -6.25. The monoisotopic (exact) mass is 416 g/mol. The van der Waals surface area contributed by atoms with Crippen LogP contribution in [0.4, 0.5) is 26.3 Å². The molecule has 152 valence electrons. The molecule has 0 aliphatic carbocycles. The highest BCUT2D eigenvalue weighted by molar-refractivity contribution is 7.86. The first-order valence-corrected chi connectivity index (χ1v) is 7.82. The number of alkyl halides is 5. The average molecular weight is 416 g/mol. The lowest BCUT2D eigenvalue weighted by molar-refractivity contribution is -0.348. The van der Waals surface area contributed by atoms with Gasteiger partial charge in [0.2, 0.25) is 5.83 Å². The number of halogens is 6. The molecule has 0 bridgehead atoms. The standard InChI is InChI=1S/C11H13F6NO7S/c1-3-18-8(20)10(11(15,16)17,25-7(19)6(2)12)24-5-4-9(13,14)26(21,22)23/h2-5H2,1H3,(H,18,20)(H,21,22,23)/p-1. The van der Waals surface area contributed by atoms with E-state index < -0.39 is 64.6 Å². The summed E-state index contributed by atoms with van der Waals surface area (Å²) in [5.74, 6) is -11.3. The Balaban J connectivity index is 5.79. The van der Waals surface area contributed by atoms with Gasteiger partial charge in [-0.1, -0.05) is 6.58 Å². The Bertz CT molecular complexity index is 662. The molecule has 1 N–H and O–H groups in total. The number of hydrogen-bond donors (Lipinski definition) is 1. The van der Waals surface area contributed by atoms with Crippen molar-refractivity contribution < 1.29 is 58.4 Å². The summed E-state index contributed by atoms with van der Waals surface area (Å²) in [6.07, 6.45) is -8.01. The summed E-state index contributed by atoms with van der Waals surface area (Å²) < 4.78 is 117. The Kier molecular flexibility index (Phi) is 7.63. The lowest BCUT2D eigenvalue weighted by atomic mass is 10.2. The van der Waals surface area contributed by atoms with Gasteiger partial charge in [0.15, 0.2) is 10.1 Å². The molecular formula is C11H12F6NO7S-. The van der Waals surface area contributed by atoms with E-state index in [0.29, 0.717) is 0 Å². The third-order valence-corrected chi connectivity index (χ3v) is 3.47. The highest BCUT2D eigenvalue weighted by atomic mass is 32.2. The topological polar surface area (TPSA) is 122 Å². The average Bonchev–Trinajstić information content (AvgIpc) is 2.43. The lowest BCUT2D eigenvalue weighted by Gasteiger charge is -2.33. The second-order valence-electron chi connectivity index (χ2n) is 4.46. The Hall–Kier alpha value is -1.87. The Morgan fingerprint density at radius 2 is 1.69 bits per heavy atom. The van der Waals surface area contributed by atoms with E-state index in [1.807, 2.05) is 0 Å². The number of amides is 1. The van der Waals surface area contributed by atoms with E-state index in [2.05, 4.69) is 16.1 Å². The first-order valence-electron chi connectivity index (χ1n) is 6.42. The van der Waals surface area contributed by atoms with Crippen molar-refractivity contribution in [3.63, 3.8) is 0 Å². The summed E-state index contributed by atoms with van der Waals surface area (Å²) >= 11 is 0. The molecule has 0 rings (SSSR count). The summed E-state index contributed by atoms with van der Waals surface area (Å²) in [6.45, 7) is 1.12. The number of carbonyl (C=O) groups is 2. The summed E-state index contributed by atoms with van der Waals surface area (Å²) in [5, 5.41) is -3.51. The molecule has 26 heavy (non-hydrogen) atoms. The Morgan fingerprint density at radius 1 is 1.19 bits per heavy atom. The van der Waals surface area contributed by atoms with Crippen molar-refractivity contribution >= 4 is 22.0 Å². The van der Waals surface area contributed by atoms with E-state index in [1.165, 1.54) is 5.32 Å². The van der Waals surface area contributed by atoms with Crippen LogP contribution in [0, 0.1) is 0 Å². The van der Waals surface area contributed by atoms with Gasteiger partial charge in [-0.3, -0.25) is 4.79 Å². The molecule has 0 saturated heterocycles. The quantitative estimate of drug-likeness (QED) is 0.195. The van der Waals surface area contributed by atoms with Crippen molar-refractivity contribution in [3.05, 3.63) is 12.4 Å². The number of rotatable bonds is 9. The summed E-state index contributed by atoms with van der Waals surface area (Å²) in [7, 11) is -6.25. The minimum Gasteiger partial charge on any atom is -0.743 e. The molecule has 0 aromatic rings. The highest BCUT2D eigenvalue weighted by Gasteiger charge is 2.66. The molecule has 0 fully saturated rings. The smallest absolute Gasteiger partial charge is 0.466 e. The largest absolute Gasteiger partial charge is 0.743 e. The van der Waals surface area contributed by atoms with Gasteiger partial charge in [-0.25, -0.2) is 13.2 Å². The fraction of sp³-hybridized carbons (Fsp3) is 0.636. The molecule has 15 heteroatoms. The van der Waals surface area contributed by atoms with Crippen LogP contribution in [0.3, 0.4) is 0 Å². The van der Waals surface area contributed by atoms with Crippen molar-refractivity contribution in [1.29, 1.82) is 0 Å². The van der Waals surface area contributed by atoms with Crippen LogP contribution < -0.4 is 5.32 Å². The van der Waals surface area contributed by atoms with Crippen molar-refractivity contribution in [3.8, 4) is 0 Å². The Labute approximate surface area is 142 Å². The number of likely N-dealkylation sites (N-methyl/N-ethyl adjacent to an activating group) is 1. The van der Waals surface area contributed by atoms with Crippen molar-refractivity contribution in [2.75, 3.05) is 13.2 Å². The van der Waals surface area contributed by atoms with Gasteiger partial charge in [-0.05, 0) is 6.92 Å². The maximum Gasteiger partial charge on any atom is 0.466 e. The molecule has 0 aliphatic rings. The molecule has 0 aliphatic heterocycles. The molecule has 0 aromatic carbocycles. The van der Waals surface area contributed by atoms with E-state index in [-0.39, 0.29) is 0 Å². The molecule has 0 spiro atoms. The van der Waals surface area contributed by atoms with Crippen LogP contribution in [-0.2, 0) is 29.2 Å². The van der Waals surface area contributed by atoms with Gasteiger partial charge < -0.3 is 19.3 Å². The highest BCUT2D eigenvalue weighted by Crippen LogP contribution is 2.37. The van der Waals surface area contributed by atoms with E-state index in [9.17, 15) is 48.9 Å². The number of esters is 1. The maximum atomic E-state index is 13.2. The van der Waals surface area contributed by atoms with Gasteiger partial charge in [0, 0.05) is 13.0 Å². The van der Waals surface area contributed by atoms with E-state index in [1.54, 1.807) is 0 Å². The lowest BCUT2D eigenvalue weighted by Crippen LogP contribution is -2.61. The molecule has 1 unspecified atom stereocenters. The summed E-state index contributed by atoms with van der Waals surface area (Å²) in [5.41, 5.74) is 0. The van der Waals surface area contributed by atoms with Crippen LogP contribution in [0.1, 0.15) is 13.3 Å². The van der Waals surface area contributed by atoms with Gasteiger partial charge in [0.25, 0.3) is 0 Å². The zero-order valence-electron chi connectivity index (χ0n) is 12.9. The predicted molar refractivity (Wildman–Crippen MR) is 69.0 cm³/mol. The summed E-state index contributed by atoms with van der Waals surface area (Å²) in [4.78, 5) is 22.8.